The number of aliphatic carboxylic acids is 1. The summed E-state index contributed by atoms with van der Waals surface area (Å²) in [6, 6.07) is 2.81. The number of rotatable bonds is 4. The Morgan fingerprint density at radius 1 is 1.29 bits per heavy atom. The smallest absolute Gasteiger partial charge is 0.306 e. The van der Waals surface area contributed by atoms with E-state index in [9.17, 15) is 15.0 Å². The third kappa shape index (κ3) is 3.23. The molecule has 0 spiro atoms. The van der Waals surface area contributed by atoms with Crippen LogP contribution in [0.2, 0.25) is 10.0 Å². The van der Waals surface area contributed by atoms with Crippen molar-refractivity contribution in [1.29, 1.82) is 0 Å². The Kier molecular flexibility index (Phi) is 4.59. The van der Waals surface area contributed by atoms with Gasteiger partial charge in [0, 0.05) is 5.56 Å². The van der Waals surface area contributed by atoms with E-state index >= 15 is 0 Å². The van der Waals surface area contributed by atoms with Crippen LogP contribution in [-0.2, 0) is 4.79 Å². The zero-order chi connectivity index (χ0) is 13.2. The molecule has 94 valence electrons. The van der Waals surface area contributed by atoms with Crippen molar-refractivity contribution in [2.45, 2.75) is 18.6 Å². The molecule has 0 bridgehead atoms. The van der Waals surface area contributed by atoms with Crippen LogP contribution in [0, 0.1) is 0 Å². The molecule has 2 unspecified atom stereocenters. The molecule has 0 amide bonds. The van der Waals surface area contributed by atoms with Crippen LogP contribution < -0.4 is 5.73 Å². The lowest BCUT2D eigenvalue weighted by atomic mass is 10.0. The Morgan fingerprint density at radius 2 is 1.88 bits per heavy atom. The average molecular weight is 280 g/mol. The third-order valence-electron chi connectivity index (χ3n) is 2.21. The fourth-order valence-electron chi connectivity index (χ4n) is 1.31. The van der Waals surface area contributed by atoms with Crippen molar-refractivity contribution in [1.82, 2.24) is 0 Å². The number of benzene rings is 1. The van der Waals surface area contributed by atoms with E-state index in [1.165, 1.54) is 12.1 Å². The number of carboxylic acids is 1. The van der Waals surface area contributed by atoms with Gasteiger partial charge < -0.3 is 21.1 Å². The van der Waals surface area contributed by atoms with Crippen molar-refractivity contribution in [2.24, 2.45) is 0 Å². The highest BCUT2D eigenvalue weighted by Crippen LogP contribution is 2.35. The van der Waals surface area contributed by atoms with E-state index in [0.717, 1.165) is 0 Å². The number of hydrogen-bond donors (Lipinski definition) is 4. The minimum Gasteiger partial charge on any atom is -0.481 e. The number of nitrogens with two attached hydrogens (primary N) is 1. The molecular formula is C10H11Cl2NO4. The Balaban J connectivity index is 3.00. The molecule has 0 radical (unpaired) electrons. The molecule has 1 aromatic carbocycles. The van der Waals surface area contributed by atoms with Crippen LogP contribution in [0.15, 0.2) is 12.1 Å². The van der Waals surface area contributed by atoms with Gasteiger partial charge >= 0.3 is 5.97 Å². The largest absolute Gasteiger partial charge is 0.481 e. The molecule has 0 heterocycles. The summed E-state index contributed by atoms with van der Waals surface area (Å²) in [6.07, 6.45) is -3.50. The van der Waals surface area contributed by atoms with Crippen LogP contribution in [-0.4, -0.2) is 27.4 Å². The molecule has 0 fully saturated rings. The monoisotopic (exact) mass is 279 g/mol. The second kappa shape index (κ2) is 5.55. The van der Waals surface area contributed by atoms with Crippen LogP contribution in [0.4, 0.5) is 5.69 Å². The van der Waals surface area contributed by atoms with Crippen LogP contribution in [0.25, 0.3) is 0 Å². The van der Waals surface area contributed by atoms with E-state index in [2.05, 4.69) is 0 Å². The van der Waals surface area contributed by atoms with Gasteiger partial charge in [0.2, 0.25) is 0 Å². The first-order chi connectivity index (χ1) is 7.84. The number of nitrogen functional groups attached to an aromatic ring is 1. The minimum atomic E-state index is -1.47. The lowest BCUT2D eigenvalue weighted by Gasteiger charge is -2.18. The van der Waals surface area contributed by atoms with Crippen molar-refractivity contribution in [3.05, 3.63) is 27.7 Å². The fourth-order valence-corrected chi connectivity index (χ4v) is 1.76. The van der Waals surface area contributed by atoms with Gasteiger partial charge in [0.05, 0.1) is 28.3 Å². The molecule has 0 aliphatic heterocycles. The summed E-state index contributed by atoms with van der Waals surface area (Å²) in [7, 11) is 0. The van der Waals surface area contributed by atoms with E-state index in [0.29, 0.717) is 0 Å². The molecule has 1 rings (SSSR count). The fraction of sp³-hybridized carbons (Fsp3) is 0.300. The summed E-state index contributed by atoms with van der Waals surface area (Å²) < 4.78 is 0. The molecule has 17 heavy (non-hydrogen) atoms. The zero-order valence-electron chi connectivity index (χ0n) is 8.60. The second-order valence-corrected chi connectivity index (χ2v) is 4.24. The van der Waals surface area contributed by atoms with Gasteiger partial charge in [-0.2, -0.15) is 0 Å². The van der Waals surface area contributed by atoms with Gasteiger partial charge in [-0.3, -0.25) is 4.79 Å². The van der Waals surface area contributed by atoms with Gasteiger partial charge in [-0.1, -0.05) is 29.3 Å². The molecule has 0 aromatic heterocycles. The number of anilines is 1. The molecule has 0 aliphatic rings. The van der Waals surface area contributed by atoms with E-state index < -0.39 is 24.6 Å². The van der Waals surface area contributed by atoms with Crippen molar-refractivity contribution in [3.63, 3.8) is 0 Å². The number of aliphatic hydroxyl groups is 2. The van der Waals surface area contributed by atoms with E-state index in [4.69, 9.17) is 34.0 Å². The number of carbonyl (C=O) groups is 1. The average Bonchev–Trinajstić information content (AvgIpc) is 2.24. The summed E-state index contributed by atoms with van der Waals surface area (Å²) in [4.78, 5) is 10.4. The van der Waals surface area contributed by atoms with Crippen molar-refractivity contribution in [2.75, 3.05) is 5.73 Å². The van der Waals surface area contributed by atoms with Gasteiger partial charge in [-0.05, 0) is 6.07 Å². The maximum atomic E-state index is 10.4. The third-order valence-corrected chi connectivity index (χ3v) is 3.12. The first-order valence-electron chi connectivity index (χ1n) is 4.66. The number of hydrogen-bond acceptors (Lipinski definition) is 4. The van der Waals surface area contributed by atoms with Gasteiger partial charge in [-0.25, -0.2) is 0 Å². The van der Waals surface area contributed by atoms with Gasteiger partial charge in [-0.15, -0.1) is 0 Å². The summed E-state index contributed by atoms with van der Waals surface area (Å²) in [5.74, 6) is -1.23. The quantitative estimate of drug-likeness (QED) is 0.625. The van der Waals surface area contributed by atoms with Crippen LogP contribution in [0.3, 0.4) is 0 Å². The van der Waals surface area contributed by atoms with E-state index in [1.54, 1.807) is 0 Å². The Labute approximate surface area is 107 Å². The van der Waals surface area contributed by atoms with Gasteiger partial charge in [0.25, 0.3) is 0 Å². The Morgan fingerprint density at radius 3 is 2.41 bits per heavy atom. The molecule has 1 aromatic rings. The van der Waals surface area contributed by atoms with Crippen LogP contribution >= 0.6 is 23.2 Å². The molecule has 5 nitrogen and oxygen atoms in total. The normalized spacial score (nSPS) is 14.4. The maximum absolute atomic E-state index is 10.4. The van der Waals surface area contributed by atoms with Crippen LogP contribution in [0.1, 0.15) is 18.1 Å². The zero-order valence-corrected chi connectivity index (χ0v) is 10.1. The highest BCUT2D eigenvalue weighted by molar-refractivity contribution is 6.44. The topological polar surface area (TPSA) is 104 Å². The Hall–Kier alpha value is -1.01. The van der Waals surface area contributed by atoms with Gasteiger partial charge in [0.1, 0.15) is 6.10 Å². The summed E-state index contributed by atoms with van der Waals surface area (Å²) in [6.45, 7) is 0. The highest BCUT2D eigenvalue weighted by atomic mass is 35.5. The first kappa shape index (κ1) is 14.1. The molecular weight excluding hydrogens is 269 g/mol. The molecule has 7 heteroatoms. The van der Waals surface area contributed by atoms with Crippen molar-refractivity contribution in [3.8, 4) is 0 Å². The second-order valence-electron chi connectivity index (χ2n) is 3.48. The molecule has 0 aliphatic carbocycles. The number of aliphatic hydroxyl groups excluding tert-OH is 2. The van der Waals surface area contributed by atoms with E-state index in [-0.39, 0.29) is 21.3 Å². The highest BCUT2D eigenvalue weighted by Gasteiger charge is 2.24. The van der Waals surface area contributed by atoms with Crippen molar-refractivity contribution >= 4 is 34.9 Å². The molecule has 0 saturated heterocycles. The minimum absolute atomic E-state index is 0.00334. The van der Waals surface area contributed by atoms with Crippen LogP contribution in [0.5, 0.6) is 0 Å². The molecule has 2 atom stereocenters. The number of carboxylic acid groups (broad SMARTS) is 1. The summed E-state index contributed by atoms with van der Waals surface area (Å²) in [5, 5.41) is 27.8. The SMILES string of the molecule is Nc1ccc(C(O)C(O)CC(=O)O)c(Cl)c1Cl. The first-order valence-corrected chi connectivity index (χ1v) is 5.41. The lowest BCUT2D eigenvalue weighted by Crippen LogP contribution is -2.22. The van der Waals surface area contributed by atoms with Gasteiger partial charge in [0.15, 0.2) is 0 Å². The predicted molar refractivity (Wildman–Crippen MR) is 64.1 cm³/mol. The molecule has 0 saturated carbocycles. The standard InChI is InChI=1S/C10H11Cl2NO4/c11-8-4(1-2-5(13)9(8)12)10(17)6(14)3-7(15)16/h1-2,6,10,14,17H,3,13H2,(H,15,16). The lowest BCUT2D eigenvalue weighted by molar-refractivity contribution is -0.141. The molecule has 5 N–H and O–H groups in total. The summed E-state index contributed by atoms with van der Waals surface area (Å²) in [5.41, 5.74) is 5.87. The predicted octanol–water partition coefficient (Wildman–Crippen LogP) is 1.44. The Bertz CT molecular complexity index is 439. The van der Waals surface area contributed by atoms with Crippen molar-refractivity contribution < 1.29 is 20.1 Å². The number of halogens is 2. The summed E-state index contributed by atoms with van der Waals surface area (Å²) >= 11 is 11.6. The maximum Gasteiger partial charge on any atom is 0.306 e. The van der Waals surface area contributed by atoms with E-state index in [1.807, 2.05) is 0 Å².